The van der Waals surface area contributed by atoms with Crippen molar-refractivity contribution in [2.45, 2.75) is 71.4 Å². The molecule has 0 radical (unpaired) electrons. The van der Waals surface area contributed by atoms with Gasteiger partial charge in [0, 0.05) is 6.10 Å². The monoisotopic (exact) mass is 202 g/mol. The van der Waals surface area contributed by atoms with E-state index < -0.39 is 0 Å². The van der Waals surface area contributed by atoms with E-state index in [9.17, 15) is 0 Å². The molecule has 0 spiro atoms. The van der Waals surface area contributed by atoms with Gasteiger partial charge in [0.15, 0.2) is 9.76 Å². The minimum absolute atomic E-state index is 0.188. The molecular weight excluding hydrogens is 176 g/mol. The quantitative estimate of drug-likeness (QED) is 0.412. The van der Waals surface area contributed by atoms with Gasteiger partial charge in [0.1, 0.15) is 0 Å². The Morgan fingerprint density at radius 1 is 1.00 bits per heavy atom. The van der Waals surface area contributed by atoms with Crippen LogP contribution < -0.4 is 0 Å². The Hall–Kier alpha value is 0.177. The third-order valence-electron chi connectivity index (χ3n) is 2.32. The second kappa shape index (κ2) is 10.3. The summed E-state index contributed by atoms with van der Waals surface area (Å²) in [6.07, 6.45) is 8.37. The zero-order chi connectivity index (χ0) is 9.94. The van der Waals surface area contributed by atoms with E-state index in [0.717, 1.165) is 0 Å². The molecule has 0 unspecified atom stereocenters. The van der Waals surface area contributed by atoms with Crippen molar-refractivity contribution in [3.8, 4) is 0 Å². The van der Waals surface area contributed by atoms with Crippen LogP contribution in [0.2, 0.25) is 6.04 Å². The number of rotatable bonds is 9. The van der Waals surface area contributed by atoms with Gasteiger partial charge in [0.25, 0.3) is 0 Å². The highest BCUT2D eigenvalue weighted by atomic mass is 28.2. The first kappa shape index (κ1) is 13.2. The van der Waals surface area contributed by atoms with Crippen molar-refractivity contribution >= 4 is 9.76 Å². The molecular formula is C11H26OSi. The predicted molar refractivity (Wildman–Crippen MR) is 62.9 cm³/mol. The second-order valence-corrected chi connectivity index (χ2v) is 5.23. The highest BCUT2D eigenvalue weighted by Crippen LogP contribution is 2.09. The maximum Gasteiger partial charge on any atom is 0.161 e. The van der Waals surface area contributed by atoms with E-state index in [-0.39, 0.29) is 9.76 Å². The summed E-state index contributed by atoms with van der Waals surface area (Å²) >= 11 is 0. The van der Waals surface area contributed by atoms with Crippen LogP contribution in [0.5, 0.6) is 0 Å². The minimum atomic E-state index is -0.188. The van der Waals surface area contributed by atoms with Crippen molar-refractivity contribution in [3.63, 3.8) is 0 Å². The van der Waals surface area contributed by atoms with E-state index in [2.05, 4.69) is 20.8 Å². The molecule has 0 aliphatic carbocycles. The average molecular weight is 202 g/mol. The Bertz CT molecular complexity index is 90.1. The fraction of sp³-hybridized carbons (Fsp3) is 1.00. The van der Waals surface area contributed by atoms with Crippen molar-refractivity contribution in [2.24, 2.45) is 0 Å². The number of hydrogen-bond acceptors (Lipinski definition) is 1. The van der Waals surface area contributed by atoms with Gasteiger partial charge in [0.2, 0.25) is 0 Å². The van der Waals surface area contributed by atoms with Crippen LogP contribution in [0.4, 0.5) is 0 Å². The van der Waals surface area contributed by atoms with Gasteiger partial charge in [0.05, 0.1) is 0 Å². The lowest BCUT2D eigenvalue weighted by molar-refractivity contribution is 0.187. The lowest BCUT2D eigenvalue weighted by atomic mass is 10.1. The first-order chi connectivity index (χ1) is 6.35. The Balaban J connectivity index is 3.33. The minimum Gasteiger partial charge on any atom is -0.421 e. The van der Waals surface area contributed by atoms with Crippen LogP contribution in [0.3, 0.4) is 0 Å². The molecule has 0 amide bonds. The van der Waals surface area contributed by atoms with Crippen LogP contribution in [-0.4, -0.2) is 15.9 Å². The Labute approximate surface area is 86.2 Å². The first-order valence-corrected chi connectivity index (χ1v) is 7.54. The lowest BCUT2D eigenvalue weighted by Crippen LogP contribution is -2.15. The first-order valence-electron chi connectivity index (χ1n) is 5.96. The SMILES string of the molecule is CCCC[SiH2]OC(CCC)CCC. The molecule has 13 heavy (non-hydrogen) atoms. The van der Waals surface area contributed by atoms with Crippen molar-refractivity contribution in [3.05, 3.63) is 0 Å². The Morgan fingerprint density at radius 3 is 2.08 bits per heavy atom. The van der Waals surface area contributed by atoms with Crippen LogP contribution in [0.15, 0.2) is 0 Å². The number of hydrogen-bond donors (Lipinski definition) is 0. The van der Waals surface area contributed by atoms with Gasteiger partial charge in [-0.25, -0.2) is 0 Å². The van der Waals surface area contributed by atoms with E-state index in [1.54, 1.807) is 0 Å². The van der Waals surface area contributed by atoms with E-state index in [0.29, 0.717) is 6.10 Å². The third kappa shape index (κ3) is 8.51. The van der Waals surface area contributed by atoms with Crippen molar-refractivity contribution in [1.29, 1.82) is 0 Å². The second-order valence-electron chi connectivity index (χ2n) is 3.78. The van der Waals surface area contributed by atoms with Gasteiger partial charge in [-0.3, -0.25) is 0 Å². The van der Waals surface area contributed by atoms with E-state index in [1.165, 1.54) is 44.6 Å². The molecule has 1 nitrogen and oxygen atoms in total. The molecule has 0 aliphatic rings. The topological polar surface area (TPSA) is 9.23 Å². The Kier molecular flexibility index (Phi) is 10.4. The average Bonchev–Trinajstić information content (AvgIpc) is 2.13. The van der Waals surface area contributed by atoms with Gasteiger partial charge < -0.3 is 4.43 Å². The van der Waals surface area contributed by atoms with Gasteiger partial charge in [-0.2, -0.15) is 0 Å². The normalized spacial score (nSPS) is 12.0. The summed E-state index contributed by atoms with van der Waals surface area (Å²) in [5.41, 5.74) is 0. The fourth-order valence-electron chi connectivity index (χ4n) is 1.56. The van der Waals surface area contributed by atoms with E-state index in [4.69, 9.17) is 4.43 Å². The smallest absolute Gasteiger partial charge is 0.161 e. The van der Waals surface area contributed by atoms with Crippen molar-refractivity contribution < 1.29 is 4.43 Å². The maximum absolute atomic E-state index is 5.96. The van der Waals surface area contributed by atoms with Crippen LogP contribution >= 0.6 is 0 Å². The van der Waals surface area contributed by atoms with Gasteiger partial charge in [-0.05, 0) is 18.9 Å². The lowest BCUT2D eigenvalue weighted by Gasteiger charge is -2.16. The highest BCUT2D eigenvalue weighted by molar-refractivity contribution is 6.27. The van der Waals surface area contributed by atoms with Gasteiger partial charge in [-0.1, -0.05) is 46.5 Å². The van der Waals surface area contributed by atoms with Crippen molar-refractivity contribution in [2.75, 3.05) is 0 Å². The molecule has 0 bridgehead atoms. The third-order valence-corrected chi connectivity index (χ3v) is 3.82. The largest absolute Gasteiger partial charge is 0.421 e. The Morgan fingerprint density at radius 2 is 1.62 bits per heavy atom. The van der Waals surface area contributed by atoms with Crippen LogP contribution in [-0.2, 0) is 4.43 Å². The molecule has 0 aromatic heterocycles. The predicted octanol–water partition coefficient (Wildman–Crippen LogP) is 3.27. The molecule has 0 atom stereocenters. The van der Waals surface area contributed by atoms with E-state index in [1.807, 2.05) is 0 Å². The molecule has 0 aromatic carbocycles. The van der Waals surface area contributed by atoms with E-state index >= 15 is 0 Å². The van der Waals surface area contributed by atoms with Gasteiger partial charge in [-0.15, -0.1) is 0 Å². The summed E-state index contributed by atoms with van der Waals surface area (Å²) in [5, 5.41) is 0. The molecule has 0 saturated heterocycles. The summed E-state index contributed by atoms with van der Waals surface area (Å²) in [5.74, 6) is 0. The van der Waals surface area contributed by atoms with Crippen molar-refractivity contribution in [1.82, 2.24) is 0 Å². The molecule has 0 rings (SSSR count). The summed E-state index contributed by atoms with van der Waals surface area (Å²) in [4.78, 5) is 0. The zero-order valence-corrected chi connectivity index (χ0v) is 11.1. The molecule has 0 N–H and O–H groups in total. The molecule has 0 heterocycles. The summed E-state index contributed by atoms with van der Waals surface area (Å²) in [6, 6.07) is 1.38. The molecule has 80 valence electrons. The van der Waals surface area contributed by atoms with Crippen LogP contribution in [0.25, 0.3) is 0 Å². The molecule has 0 fully saturated rings. The molecule has 0 saturated carbocycles. The molecule has 0 aliphatic heterocycles. The van der Waals surface area contributed by atoms with Crippen LogP contribution in [0.1, 0.15) is 59.3 Å². The standard InChI is InChI=1S/C11H26OSi/c1-4-7-10-13-12-11(8-5-2)9-6-3/h11H,4-10,13H2,1-3H3. The maximum atomic E-state index is 5.96. The van der Waals surface area contributed by atoms with Crippen LogP contribution in [0, 0.1) is 0 Å². The number of unbranched alkanes of at least 4 members (excludes halogenated alkanes) is 1. The fourth-order valence-corrected chi connectivity index (χ4v) is 3.09. The summed E-state index contributed by atoms with van der Waals surface area (Å²) < 4.78 is 5.96. The highest BCUT2D eigenvalue weighted by Gasteiger charge is 2.05. The molecule has 2 heteroatoms. The molecule has 0 aromatic rings. The summed E-state index contributed by atoms with van der Waals surface area (Å²) in [6.45, 7) is 6.75. The van der Waals surface area contributed by atoms with Gasteiger partial charge >= 0.3 is 0 Å². The summed E-state index contributed by atoms with van der Waals surface area (Å²) in [7, 11) is -0.188. The zero-order valence-electron chi connectivity index (χ0n) is 9.64.